The van der Waals surface area contributed by atoms with Crippen LogP contribution < -0.4 is 5.46 Å². The van der Waals surface area contributed by atoms with Gasteiger partial charge in [0.25, 0.3) is 0 Å². The van der Waals surface area contributed by atoms with Gasteiger partial charge in [0, 0.05) is 11.0 Å². The summed E-state index contributed by atoms with van der Waals surface area (Å²) in [5, 5.41) is 9.37. The van der Waals surface area contributed by atoms with Gasteiger partial charge >= 0.3 is 11.9 Å². The number of thioether (sulfide) groups is 1. The Hall–Kier alpha value is -2.21. The first-order chi connectivity index (χ1) is 13.9. The van der Waals surface area contributed by atoms with Crippen molar-refractivity contribution in [3.8, 4) is 0 Å². The minimum atomic E-state index is -0.726. The molecule has 0 bridgehead atoms. The normalized spacial score (nSPS) is 15.5. The van der Waals surface area contributed by atoms with E-state index in [2.05, 4.69) is 6.07 Å². The zero-order chi connectivity index (χ0) is 20.9. The van der Waals surface area contributed by atoms with Gasteiger partial charge < -0.3 is 9.84 Å². The second-order valence-corrected chi connectivity index (χ2v) is 8.92. The van der Waals surface area contributed by atoms with Crippen LogP contribution in [0.5, 0.6) is 0 Å². The molecule has 1 saturated carbocycles. The van der Waals surface area contributed by atoms with Crippen LogP contribution >= 0.6 is 11.8 Å². The van der Waals surface area contributed by atoms with Gasteiger partial charge in [0.2, 0.25) is 0 Å². The number of aryl methyl sites for hydroxylation is 1. The highest BCUT2D eigenvalue weighted by Crippen LogP contribution is 2.53. The van der Waals surface area contributed by atoms with E-state index < -0.39 is 5.97 Å². The first kappa shape index (κ1) is 21.5. The Bertz CT molecular complexity index is 879. The van der Waals surface area contributed by atoms with Crippen molar-refractivity contribution in [2.75, 3.05) is 12.9 Å². The summed E-state index contributed by atoms with van der Waals surface area (Å²) in [6.45, 7) is 0. The molecule has 6 heteroatoms. The molecule has 0 spiro atoms. The Kier molecular flexibility index (Phi) is 7.07. The molecule has 0 aromatic heterocycles. The van der Waals surface area contributed by atoms with E-state index in [1.165, 1.54) is 7.11 Å². The number of carboxylic acids is 1. The highest BCUT2D eigenvalue weighted by Gasteiger charge is 2.44. The molecule has 1 fully saturated rings. The fourth-order valence-electron chi connectivity index (χ4n) is 3.59. The number of hydrogen-bond acceptors (Lipinski definition) is 4. The van der Waals surface area contributed by atoms with Crippen molar-refractivity contribution in [3.05, 3.63) is 65.2 Å². The number of aliphatic carboxylic acids is 1. The Morgan fingerprint density at radius 2 is 1.97 bits per heavy atom. The highest BCUT2D eigenvalue weighted by molar-refractivity contribution is 7.99. The average Bonchev–Trinajstić information content (AvgIpc) is 3.46. The maximum Gasteiger partial charge on any atom is 0.338 e. The number of carbonyl (C=O) groups excluding carboxylic acids is 1. The molecule has 0 saturated heterocycles. The first-order valence-electron chi connectivity index (χ1n) is 9.77. The summed E-state index contributed by atoms with van der Waals surface area (Å²) in [6, 6.07) is 15.4. The van der Waals surface area contributed by atoms with Crippen molar-refractivity contribution in [3.63, 3.8) is 0 Å². The minimum absolute atomic E-state index is 0.0704. The second kappa shape index (κ2) is 9.53. The first-order valence-corrected chi connectivity index (χ1v) is 10.8. The van der Waals surface area contributed by atoms with E-state index in [1.54, 1.807) is 17.8 Å². The molecule has 4 nitrogen and oxygen atoms in total. The number of carboxylic acid groups (broad SMARTS) is 1. The zero-order valence-electron chi connectivity index (χ0n) is 16.6. The molecule has 2 aromatic rings. The molecule has 1 N–H and O–H groups in total. The summed E-state index contributed by atoms with van der Waals surface area (Å²) in [4.78, 5) is 23.2. The monoisotopic (exact) mass is 408 g/mol. The standard InChI is InChI=1S/C23H25BO4S/c1-28-22(27)19-8-3-2-5-16(19)9-10-20(17-6-4-7-18(24)13-17)29-15-23(11-12-23)14-21(25)26/h2-8,13,20H,9-12,14-15H2,1H3,(H,25,26)/t20-/m1/s1. The molecule has 0 amide bonds. The summed E-state index contributed by atoms with van der Waals surface area (Å²) >= 11 is 1.80. The maximum atomic E-state index is 12.1. The molecule has 2 radical (unpaired) electrons. The molecule has 1 aliphatic rings. The summed E-state index contributed by atoms with van der Waals surface area (Å²) in [6.07, 6.45) is 3.73. The smallest absolute Gasteiger partial charge is 0.338 e. The van der Waals surface area contributed by atoms with E-state index in [0.717, 1.165) is 48.0 Å². The SMILES string of the molecule is [B]c1cccc([C@@H](CCc2ccccc2C(=O)OC)SCC2(CC(=O)O)CC2)c1. The topological polar surface area (TPSA) is 63.6 Å². The molecule has 0 aliphatic heterocycles. The third kappa shape index (κ3) is 5.89. The molecule has 0 heterocycles. The zero-order valence-corrected chi connectivity index (χ0v) is 17.4. The van der Waals surface area contributed by atoms with Crippen LogP contribution in [0.15, 0.2) is 48.5 Å². The Morgan fingerprint density at radius 3 is 2.62 bits per heavy atom. The summed E-state index contributed by atoms with van der Waals surface area (Å²) in [5.74, 6) is -0.236. The summed E-state index contributed by atoms with van der Waals surface area (Å²) in [5.41, 5.74) is 3.33. The lowest BCUT2D eigenvalue weighted by molar-refractivity contribution is -0.138. The van der Waals surface area contributed by atoms with Crippen LogP contribution in [-0.2, 0) is 16.0 Å². The van der Waals surface area contributed by atoms with Crippen molar-refractivity contribution < 1.29 is 19.4 Å². The highest BCUT2D eigenvalue weighted by atomic mass is 32.2. The number of esters is 1. The Morgan fingerprint density at radius 1 is 1.21 bits per heavy atom. The van der Waals surface area contributed by atoms with Crippen molar-refractivity contribution in [1.82, 2.24) is 0 Å². The van der Waals surface area contributed by atoms with Crippen LogP contribution in [-0.4, -0.2) is 37.8 Å². The number of ether oxygens (including phenoxy) is 1. The molecule has 1 atom stereocenters. The van der Waals surface area contributed by atoms with Gasteiger partial charge in [0.05, 0.1) is 19.1 Å². The lowest BCUT2D eigenvalue weighted by Gasteiger charge is -2.21. The molecular formula is C23H25BO4S. The van der Waals surface area contributed by atoms with Crippen molar-refractivity contribution in [2.24, 2.45) is 5.41 Å². The number of hydrogen-bond donors (Lipinski definition) is 1. The van der Waals surface area contributed by atoms with Crippen molar-refractivity contribution in [1.29, 1.82) is 0 Å². The molecular weight excluding hydrogens is 383 g/mol. The average molecular weight is 408 g/mol. The lowest BCUT2D eigenvalue weighted by atomic mass is 9.92. The van der Waals surface area contributed by atoms with E-state index in [9.17, 15) is 14.7 Å². The molecule has 0 unspecified atom stereocenters. The van der Waals surface area contributed by atoms with Crippen LogP contribution in [0.4, 0.5) is 0 Å². The number of rotatable bonds is 10. The largest absolute Gasteiger partial charge is 0.481 e. The number of benzene rings is 2. The van der Waals surface area contributed by atoms with Gasteiger partial charge in [-0.15, -0.1) is 0 Å². The predicted molar refractivity (Wildman–Crippen MR) is 117 cm³/mol. The van der Waals surface area contributed by atoms with Crippen LogP contribution in [0.3, 0.4) is 0 Å². The van der Waals surface area contributed by atoms with Crippen molar-refractivity contribution in [2.45, 2.75) is 37.4 Å². The number of carbonyl (C=O) groups is 2. The van der Waals surface area contributed by atoms with Gasteiger partial charge in [0.1, 0.15) is 7.85 Å². The lowest BCUT2D eigenvalue weighted by Crippen LogP contribution is -2.13. The van der Waals surface area contributed by atoms with Gasteiger partial charge in [-0.05, 0) is 48.3 Å². The van der Waals surface area contributed by atoms with Crippen LogP contribution in [0.25, 0.3) is 0 Å². The van der Waals surface area contributed by atoms with E-state index in [-0.39, 0.29) is 23.1 Å². The van der Waals surface area contributed by atoms with E-state index in [4.69, 9.17) is 12.6 Å². The Labute approximate surface area is 177 Å². The van der Waals surface area contributed by atoms with E-state index >= 15 is 0 Å². The molecule has 2 aromatic carbocycles. The predicted octanol–water partition coefficient (Wildman–Crippen LogP) is 3.93. The molecule has 150 valence electrons. The van der Waals surface area contributed by atoms with Crippen LogP contribution in [0.1, 0.15) is 52.4 Å². The van der Waals surface area contributed by atoms with Crippen LogP contribution in [0.2, 0.25) is 0 Å². The molecule has 1 aliphatic carbocycles. The minimum Gasteiger partial charge on any atom is -0.481 e. The maximum absolute atomic E-state index is 12.1. The molecule has 3 rings (SSSR count). The molecule has 29 heavy (non-hydrogen) atoms. The fraction of sp³-hybridized carbons (Fsp3) is 0.391. The third-order valence-electron chi connectivity index (χ3n) is 5.46. The van der Waals surface area contributed by atoms with Crippen LogP contribution in [0, 0.1) is 5.41 Å². The van der Waals surface area contributed by atoms with Gasteiger partial charge in [-0.25, -0.2) is 4.79 Å². The van der Waals surface area contributed by atoms with Gasteiger partial charge in [-0.3, -0.25) is 4.79 Å². The Balaban J connectivity index is 1.74. The summed E-state index contributed by atoms with van der Waals surface area (Å²) in [7, 11) is 7.39. The van der Waals surface area contributed by atoms with E-state index in [1.807, 2.05) is 36.4 Å². The van der Waals surface area contributed by atoms with Crippen molar-refractivity contribution >= 4 is 37.0 Å². The quantitative estimate of drug-likeness (QED) is 0.477. The number of methoxy groups -OCH3 is 1. The second-order valence-electron chi connectivity index (χ2n) is 7.73. The summed E-state index contributed by atoms with van der Waals surface area (Å²) < 4.78 is 4.91. The van der Waals surface area contributed by atoms with Gasteiger partial charge in [-0.1, -0.05) is 47.9 Å². The fourth-order valence-corrected chi connectivity index (χ4v) is 5.16. The third-order valence-corrected chi connectivity index (χ3v) is 7.14. The van der Waals surface area contributed by atoms with Gasteiger partial charge in [-0.2, -0.15) is 11.8 Å². The van der Waals surface area contributed by atoms with E-state index in [0.29, 0.717) is 5.56 Å². The van der Waals surface area contributed by atoms with Gasteiger partial charge in [0.15, 0.2) is 0 Å².